The standard InChI is InChI=1S/C17H27FN2O/c1-11-9-17(15(12(2)19)10-16(11)18)20(7-8-21-4)13(3)14-5-6-14/h9-10,12-14H,5-8,19H2,1-4H3. The van der Waals surface area contributed by atoms with Gasteiger partial charge in [-0.3, -0.25) is 0 Å². The molecule has 0 saturated heterocycles. The maximum absolute atomic E-state index is 13.9. The summed E-state index contributed by atoms with van der Waals surface area (Å²) in [6, 6.07) is 3.77. The van der Waals surface area contributed by atoms with Crippen molar-refractivity contribution in [3.63, 3.8) is 0 Å². The molecular weight excluding hydrogens is 267 g/mol. The van der Waals surface area contributed by atoms with Crippen molar-refractivity contribution in [3.05, 3.63) is 29.1 Å². The van der Waals surface area contributed by atoms with Crippen molar-refractivity contribution in [3.8, 4) is 0 Å². The van der Waals surface area contributed by atoms with Crippen LogP contribution in [-0.2, 0) is 4.74 Å². The van der Waals surface area contributed by atoms with Crippen LogP contribution in [0.2, 0.25) is 0 Å². The minimum Gasteiger partial charge on any atom is -0.383 e. The molecular formula is C17H27FN2O. The van der Waals surface area contributed by atoms with Gasteiger partial charge in [0.2, 0.25) is 0 Å². The Hall–Kier alpha value is -1.13. The van der Waals surface area contributed by atoms with E-state index in [9.17, 15) is 4.39 Å². The van der Waals surface area contributed by atoms with Crippen LogP contribution in [0.25, 0.3) is 0 Å². The van der Waals surface area contributed by atoms with Gasteiger partial charge in [-0.1, -0.05) is 0 Å². The largest absolute Gasteiger partial charge is 0.383 e. The van der Waals surface area contributed by atoms with Crippen LogP contribution in [0.3, 0.4) is 0 Å². The van der Waals surface area contributed by atoms with Gasteiger partial charge in [-0.2, -0.15) is 0 Å². The van der Waals surface area contributed by atoms with Crippen LogP contribution in [-0.4, -0.2) is 26.3 Å². The van der Waals surface area contributed by atoms with Crippen molar-refractivity contribution < 1.29 is 9.13 Å². The first kappa shape index (κ1) is 16.2. The number of rotatable bonds is 7. The first-order valence-electron chi connectivity index (χ1n) is 7.77. The number of benzene rings is 1. The molecule has 0 spiro atoms. The Labute approximate surface area is 127 Å². The van der Waals surface area contributed by atoms with Gasteiger partial charge in [0, 0.05) is 31.4 Å². The third kappa shape index (κ3) is 3.74. The summed E-state index contributed by atoms with van der Waals surface area (Å²) < 4.78 is 19.2. The van der Waals surface area contributed by atoms with E-state index in [2.05, 4.69) is 11.8 Å². The van der Waals surface area contributed by atoms with Gasteiger partial charge < -0.3 is 15.4 Å². The third-order valence-electron chi connectivity index (χ3n) is 4.44. The van der Waals surface area contributed by atoms with Crippen molar-refractivity contribution in [2.75, 3.05) is 25.2 Å². The zero-order chi connectivity index (χ0) is 15.6. The number of anilines is 1. The molecule has 0 heterocycles. The van der Waals surface area contributed by atoms with Gasteiger partial charge >= 0.3 is 0 Å². The third-order valence-corrected chi connectivity index (χ3v) is 4.44. The van der Waals surface area contributed by atoms with Crippen molar-refractivity contribution in [2.24, 2.45) is 11.7 Å². The second kappa shape index (κ2) is 6.75. The lowest BCUT2D eigenvalue weighted by Gasteiger charge is -2.34. The molecule has 2 atom stereocenters. The van der Waals surface area contributed by atoms with Crippen LogP contribution >= 0.6 is 0 Å². The Morgan fingerprint density at radius 1 is 1.38 bits per heavy atom. The topological polar surface area (TPSA) is 38.5 Å². The molecule has 2 rings (SSSR count). The molecule has 0 amide bonds. The first-order valence-corrected chi connectivity index (χ1v) is 7.77. The molecule has 1 aliphatic carbocycles. The zero-order valence-corrected chi connectivity index (χ0v) is 13.5. The maximum atomic E-state index is 13.9. The zero-order valence-electron chi connectivity index (χ0n) is 13.5. The fourth-order valence-corrected chi connectivity index (χ4v) is 2.86. The monoisotopic (exact) mass is 294 g/mol. The number of nitrogens with two attached hydrogens (primary N) is 1. The van der Waals surface area contributed by atoms with Crippen LogP contribution in [0.4, 0.5) is 10.1 Å². The molecule has 1 fully saturated rings. The van der Waals surface area contributed by atoms with Gasteiger partial charge in [-0.05, 0) is 62.8 Å². The van der Waals surface area contributed by atoms with Crippen molar-refractivity contribution in [1.29, 1.82) is 0 Å². The van der Waals surface area contributed by atoms with E-state index < -0.39 is 0 Å². The Balaban J connectivity index is 2.39. The predicted molar refractivity (Wildman–Crippen MR) is 85.1 cm³/mol. The Kier molecular flexibility index (Phi) is 5.22. The Morgan fingerprint density at radius 2 is 2.05 bits per heavy atom. The average Bonchev–Trinajstić information content (AvgIpc) is 3.26. The summed E-state index contributed by atoms with van der Waals surface area (Å²) in [7, 11) is 1.71. The van der Waals surface area contributed by atoms with Crippen LogP contribution in [0.5, 0.6) is 0 Å². The second-order valence-corrected chi connectivity index (χ2v) is 6.21. The number of methoxy groups -OCH3 is 1. The smallest absolute Gasteiger partial charge is 0.126 e. The van der Waals surface area contributed by atoms with E-state index in [0.717, 1.165) is 23.7 Å². The second-order valence-electron chi connectivity index (χ2n) is 6.21. The molecule has 0 aromatic heterocycles. The highest BCUT2D eigenvalue weighted by molar-refractivity contribution is 5.58. The molecule has 2 N–H and O–H groups in total. The van der Waals surface area contributed by atoms with E-state index >= 15 is 0 Å². The quantitative estimate of drug-likeness (QED) is 0.837. The SMILES string of the molecule is COCCN(c1cc(C)c(F)cc1C(C)N)C(C)C1CC1. The van der Waals surface area contributed by atoms with Gasteiger partial charge in [-0.25, -0.2) is 4.39 Å². The highest BCUT2D eigenvalue weighted by Gasteiger charge is 2.33. The highest BCUT2D eigenvalue weighted by atomic mass is 19.1. The van der Waals surface area contributed by atoms with Gasteiger partial charge in [-0.15, -0.1) is 0 Å². The summed E-state index contributed by atoms with van der Waals surface area (Å²) in [5.74, 6) is 0.546. The van der Waals surface area contributed by atoms with Gasteiger partial charge in [0.15, 0.2) is 0 Å². The minimum atomic E-state index is -0.188. The summed E-state index contributed by atoms with van der Waals surface area (Å²) in [5, 5.41) is 0. The number of hydrogen-bond acceptors (Lipinski definition) is 3. The molecule has 4 heteroatoms. The summed E-state index contributed by atoms with van der Waals surface area (Å²) in [6.45, 7) is 7.42. The van der Waals surface area contributed by atoms with E-state index in [0.29, 0.717) is 18.2 Å². The molecule has 1 aliphatic rings. The molecule has 1 saturated carbocycles. The predicted octanol–water partition coefficient (Wildman–Crippen LogP) is 3.41. The Morgan fingerprint density at radius 3 is 2.57 bits per heavy atom. The van der Waals surface area contributed by atoms with E-state index in [-0.39, 0.29) is 11.9 Å². The lowest BCUT2D eigenvalue weighted by atomic mass is 10.0. The molecule has 0 radical (unpaired) electrons. The van der Waals surface area contributed by atoms with E-state index in [4.69, 9.17) is 10.5 Å². The molecule has 1 aromatic carbocycles. The number of halogens is 1. The minimum absolute atomic E-state index is 0.184. The van der Waals surface area contributed by atoms with Crippen molar-refractivity contribution in [1.82, 2.24) is 0 Å². The number of hydrogen-bond donors (Lipinski definition) is 1. The first-order chi connectivity index (χ1) is 9.95. The van der Waals surface area contributed by atoms with Crippen LogP contribution in [0.1, 0.15) is 43.9 Å². The molecule has 3 nitrogen and oxygen atoms in total. The summed E-state index contributed by atoms with van der Waals surface area (Å²) in [6.07, 6.45) is 2.55. The van der Waals surface area contributed by atoms with E-state index in [1.54, 1.807) is 20.1 Å². The molecule has 21 heavy (non-hydrogen) atoms. The molecule has 0 bridgehead atoms. The molecule has 2 unspecified atom stereocenters. The number of aryl methyl sites for hydroxylation is 1. The van der Waals surface area contributed by atoms with Crippen LogP contribution in [0.15, 0.2) is 12.1 Å². The summed E-state index contributed by atoms with van der Waals surface area (Å²) in [5.41, 5.74) is 8.67. The van der Waals surface area contributed by atoms with E-state index in [1.165, 1.54) is 12.8 Å². The summed E-state index contributed by atoms with van der Waals surface area (Å²) >= 11 is 0. The fourth-order valence-electron chi connectivity index (χ4n) is 2.86. The average molecular weight is 294 g/mol. The van der Waals surface area contributed by atoms with Crippen LogP contribution < -0.4 is 10.6 Å². The van der Waals surface area contributed by atoms with E-state index in [1.807, 2.05) is 13.0 Å². The number of nitrogens with zero attached hydrogens (tertiary/aromatic N) is 1. The van der Waals surface area contributed by atoms with Crippen molar-refractivity contribution >= 4 is 5.69 Å². The number of ether oxygens (including phenoxy) is 1. The van der Waals surface area contributed by atoms with Crippen LogP contribution in [0, 0.1) is 18.7 Å². The van der Waals surface area contributed by atoms with Gasteiger partial charge in [0.1, 0.15) is 5.82 Å². The maximum Gasteiger partial charge on any atom is 0.126 e. The van der Waals surface area contributed by atoms with Gasteiger partial charge in [0.25, 0.3) is 0 Å². The lowest BCUT2D eigenvalue weighted by molar-refractivity contribution is 0.202. The van der Waals surface area contributed by atoms with Crippen molar-refractivity contribution in [2.45, 2.75) is 45.7 Å². The molecule has 1 aromatic rings. The fraction of sp³-hybridized carbons (Fsp3) is 0.647. The molecule has 0 aliphatic heterocycles. The Bertz CT molecular complexity index is 486. The highest BCUT2D eigenvalue weighted by Crippen LogP contribution is 2.39. The normalized spacial score (nSPS) is 17.6. The summed E-state index contributed by atoms with van der Waals surface area (Å²) in [4.78, 5) is 2.34. The molecule has 118 valence electrons. The van der Waals surface area contributed by atoms with Gasteiger partial charge in [0.05, 0.1) is 6.61 Å². The lowest BCUT2D eigenvalue weighted by Crippen LogP contribution is -2.38.